The molecule has 0 unspecified atom stereocenters. The van der Waals surface area contributed by atoms with Gasteiger partial charge in [0.1, 0.15) is 11.5 Å². The second-order valence-electron chi connectivity index (χ2n) is 10.5. The van der Waals surface area contributed by atoms with Gasteiger partial charge in [0.05, 0.1) is 43.2 Å². The maximum absolute atomic E-state index is 9.14. The molecule has 212 valence electrons. The van der Waals surface area contributed by atoms with E-state index in [9.17, 15) is 0 Å². The van der Waals surface area contributed by atoms with E-state index in [4.69, 9.17) is 34.5 Å². The van der Waals surface area contributed by atoms with Gasteiger partial charge in [-0.1, -0.05) is 13.0 Å². The number of hydrogen-bond acceptors (Lipinski definition) is 8. The first-order valence-corrected chi connectivity index (χ1v) is 13.9. The molecule has 0 amide bonds. The van der Waals surface area contributed by atoms with Crippen LogP contribution in [-0.4, -0.2) is 72.4 Å². The summed E-state index contributed by atoms with van der Waals surface area (Å²) in [5, 5.41) is 32.2. The molecule has 3 heterocycles. The number of aliphatic hydroxyl groups excluding tert-OH is 1. The maximum Gasteiger partial charge on any atom is 0.496 e. The van der Waals surface area contributed by atoms with Crippen molar-refractivity contribution in [2.75, 3.05) is 45.4 Å². The summed E-state index contributed by atoms with van der Waals surface area (Å²) >= 11 is 0. The normalized spacial score (nSPS) is 15.6. The third kappa shape index (κ3) is 7.05. The number of pyridine rings is 1. The van der Waals surface area contributed by atoms with E-state index in [-0.39, 0.29) is 23.6 Å². The monoisotopic (exact) mass is 539 g/mol. The first-order chi connectivity index (χ1) is 18.9. The van der Waals surface area contributed by atoms with E-state index >= 15 is 0 Å². The first-order valence-electron chi connectivity index (χ1n) is 13.9. The number of fused-ring (bicyclic) bond motifs is 1. The van der Waals surface area contributed by atoms with Gasteiger partial charge < -0.3 is 34.3 Å². The fourth-order valence-corrected chi connectivity index (χ4v) is 5.27. The molecule has 0 spiro atoms. The second-order valence-corrected chi connectivity index (χ2v) is 10.5. The Kier molecular flexibility index (Phi) is 10.1. The molecular weight excluding hydrogens is 497 g/mol. The van der Waals surface area contributed by atoms with Crippen LogP contribution < -0.4 is 19.8 Å². The lowest BCUT2D eigenvalue weighted by atomic mass is 9.78. The highest BCUT2D eigenvalue weighted by atomic mass is 16.5. The first kappa shape index (κ1) is 29.2. The fraction of sp³-hybridized carbons (Fsp3) is 0.552. The van der Waals surface area contributed by atoms with Crippen LogP contribution >= 0.6 is 0 Å². The standard InChI is InChI=1S/C20H29N3O.C9H13BO5/c1-3-18-20(19-6-4-5-15(2)23(19)21-18)22(13-16-7-8-16)14-17-9-11-24-12-10-17;1-14-7-3-6(5-11)4-8(15-2)9(7)10(12)13/h4-6,16-17H,3,7-14H2,1-2H3;3-4,11-13H,5H2,1-2H3. The minimum absolute atomic E-state index is 0.150. The number of nitrogens with zero attached hydrogens (tertiary/aromatic N) is 3. The van der Waals surface area contributed by atoms with Crippen molar-refractivity contribution >= 4 is 23.8 Å². The highest BCUT2D eigenvalue weighted by Crippen LogP contribution is 2.36. The number of aliphatic hydroxyl groups is 1. The summed E-state index contributed by atoms with van der Waals surface area (Å²) in [5.41, 5.74) is 5.85. The Morgan fingerprint density at radius 2 is 1.64 bits per heavy atom. The number of benzene rings is 1. The molecule has 1 aliphatic heterocycles. The molecule has 10 heteroatoms. The van der Waals surface area contributed by atoms with E-state index in [1.54, 1.807) is 0 Å². The predicted octanol–water partition coefficient (Wildman–Crippen LogP) is 2.72. The Morgan fingerprint density at radius 1 is 1.03 bits per heavy atom. The Hall–Kier alpha value is -2.79. The van der Waals surface area contributed by atoms with Crippen LogP contribution in [0.5, 0.6) is 11.5 Å². The van der Waals surface area contributed by atoms with Crippen molar-refractivity contribution < 1.29 is 29.4 Å². The van der Waals surface area contributed by atoms with E-state index < -0.39 is 7.12 Å². The predicted molar refractivity (Wildman–Crippen MR) is 153 cm³/mol. The molecule has 1 aromatic carbocycles. The zero-order valence-electron chi connectivity index (χ0n) is 23.6. The number of rotatable bonds is 10. The molecule has 1 aliphatic carbocycles. The molecular formula is C29H42BN3O6. The van der Waals surface area contributed by atoms with Crippen LogP contribution in [0.4, 0.5) is 5.69 Å². The Morgan fingerprint density at radius 3 is 2.15 bits per heavy atom. The van der Waals surface area contributed by atoms with Crippen LogP contribution in [-0.2, 0) is 17.8 Å². The quantitative estimate of drug-likeness (QED) is 0.338. The number of ether oxygens (including phenoxy) is 3. The topological polar surface area (TPSA) is 109 Å². The Balaban J connectivity index is 0.000000204. The molecule has 1 saturated heterocycles. The molecule has 0 bridgehead atoms. The molecule has 0 atom stereocenters. The summed E-state index contributed by atoms with van der Waals surface area (Å²) in [6.07, 6.45) is 6.17. The lowest BCUT2D eigenvalue weighted by Gasteiger charge is -2.31. The van der Waals surface area contributed by atoms with Gasteiger partial charge in [-0.25, -0.2) is 4.52 Å². The summed E-state index contributed by atoms with van der Waals surface area (Å²) in [5.74, 6) is 2.18. The van der Waals surface area contributed by atoms with Crippen molar-refractivity contribution in [3.8, 4) is 11.5 Å². The lowest BCUT2D eigenvalue weighted by molar-refractivity contribution is 0.0681. The maximum atomic E-state index is 9.14. The number of aromatic nitrogens is 2. The van der Waals surface area contributed by atoms with E-state index in [1.165, 1.54) is 81.2 Å². The lowest BCUT2D eigenvalue weighted by Crippen LogP contribution is -2.34. The van der Waals surface area contributed by atoms with Crippen LogP contribution in [0, 0.1) is 18.8 Å². The van der Waals surface area contributed by atoms with Gasteiger partial charge >= 0.3 is 7.12 Å². The Labute approximate surface area is 231 Å². The molecule has 39 heavy (non-hydrogen) atoms. The largest absolute Gasteiger partial charge is 0.497 e. The summed E-state index contributed by atoms with van der Waals surface area (Å²) in [4.78, 5) is 2.66. The molecule has 2 fully saturated rings. The van der Waals surface area contributed by atoms with E-state index in [2.05, 4.69) is 41.5 Å². The molecule has 2 aliphatic rings. The molecule has 3 aromatic rings. The van der Waals surface area contributed by atoms with Crippen molar-refractivity contribution in [2.24, 2.45) is 11.8 Å². The highest BCUT2D eigenvalue weighted by Gasteiger charge is 2.29. The van der Waals surface area contributed by atoms with Crippen LogP contribution in [0.1, 0.15) is 49.6 Å². The SMILES string of the molecule is CCc1nn2c(C)cccc2c1N(CC1CCOCC1)CC1CC1.COc1cc(CO)cc(OC)c1B(O)O. The fourth-order valence-electron chi connectivity index (χ4n) is 5.27. The van der Waals surface area contributed by atoms with Gasteiger partial charge in [-0.3, -0.25) is 0 Å². The van der Waals surface area contributed by atoms with E-state index in [0.717, 1.165) is 38.0 Å². The second kappa shape index (κ2) is 13.5. The number of aryl methyl sites for hydroxylation is 2. The summed E-state index contributed by atoms with van der Waals surface area (Å²) in [6.45, 7) is 8.40. The van der Waals surface area contributed by atoms with Crippen molar-refractivity contribution in [1.29, 1.82) is 0 Å². The van der Waals surface area contributed by atoms with Crippen LogP contribution in [0.15, 0.2) is 30.3 Å². The van der Waals surface area contributed by atoms with Gasteiger partial charge in [0, 0.05) is 32.0 Å². The summed E-state index contributed by atoms with van der Waals surface area (Å²) < 4.78 is 17.7. The zero-order valence-corrected chi connectivity index (χ0v) is 23.6. The van der Waals surface area contributed by atoms with Gasteiger partial charge in [0.25, 0.3) is 0 Å². The molecule has 1 saturated carbocycles. The number of methoxy groups -OCH3 is 2. The minimum atomic E-state index is -1.68. The molecule has 9 nitrogen and oxygen atoms in total. The average molecular weight is 539 g/mol. The smallest absolute Gasteiger partial charge is 0.496 e. The zero-order chi connectivity index (χ0) is 27.9. The van der Waals surface area contributed by atoms with Crippen molar-refractivity contribution in [1.82, 2.24) is 9.61 Å². The van der Waals surface area contributed by atoms with E-state index in [0.29, 0.717) is 5.56 Å². The van der Waals surface area contributed by atoms with Crippen LogP contribution in [0.2, 0.25) is 0 Å². The van der Waals surface area contributed by atoms with Crippen molar-refractivity contribution in [3.63, 3.8) is 0 Å². The van der Waals surface area contributed by atoms with Gasteiger partial charge in [0.15, 0.2) is 0 Å². The summed E-state index contributed by atoms with van der Waals surface area (Å²) in [7, 11) is 1.13. The highest BCUT2D eigenvalue weighted by molar-refractivity contribution is 6.61. The van der Waals surface area contributed by atoms with Crippen LogP contribution in [0.25, 0.3) is 5.52 Å². The summed E-state index contributed by atoms with van der Waals surface area (Å²) in [6, 6.07) is 9.60. The van der Waals surface area contributed by atoms with Gasteiger partial charge in [-0.15, -0.1) is 0 Å². The van der Waals surface area contributed by atoms with E-state index in [1.807, 2.05) is 0 Å². The van der Waals surface area contributed by atoms with Crippen LogP contribution in [0.3, 0.4) is 0 Å². The molecule has 2 aromatic heterocycles. The third-order valence-corrected chi connectivity index (χ3v) is 7.58. The van der Waals surface area contributed by atoms with Gasteiger partial charge in [-0.2, -0.15) is 5.10 Å². The number of anilines is 1. The van der Waals surface area contributed by atoms with Crippen molar-refractivity contribution in [3.05, 3.63) is 47.3 Å². The molecule has 0 radical (unpaired) electrons. The minimum Gasteiger partial charge on any atom is -0.497 e. The third-order valence-electron chi connectivity index (χ3n) is 7.58. The number of hydrogen-bond donors (Lipinski definition) is 3. The molecule has 5 rings (SSSR count). The Bertz CT molecular complexity index is 1200. The molecule has 3 N–H and O–H groups in total. The van der Waals surface area contributed by atoms with Gasteiger partial charge in [0.2, 0.25) is 0 Å². The van der Waals surface area contributed by atoms with Crippen molar-refractivity contribution in [2.45, 2.75) is 52.6 Å². The average Bonchev–Trinajstić information content (AvgIpc) is 3.69. The van der Waals surface area contributed by atoms with Gasteiger partial charge in [-0.05, 0) is 80.7 Å².